The zero-order chi connectivity index (χ0) is 14.8. The van der Waals surface area contributed by atoms with E-state index < -0.39 is 0 Å². The first kappa shape index (κ1) is 15.4. The molecule has 1 N–H and O–H groups in total. The first-order valence-corrected chi connectivity index (χ1v) is 6.96. The van der Waals surface area contributed by atoms with E-state index >= 15 is 0 Å². The first-order chi connectivity index (χ1) is 10.4. The number of hydrogen-bond acceptors (Lipinski definition) is 4. The SMILES string of the molecule is OCCOCCOc1ccc(OCc2ccccc2)cc1. The summed E-state index contributed by atoms with van der Waals surface area (Å²) in [5.74, 6) is 1.58. The molecule has 0 atom stereocenters. The largest absolute Gasteiger partial charge is 0.491 e. The van der Waals surface area contributed by atoms with Crippen LogP contribution >= 0.6 is 0 Å². The van der Waals surface area contributed by atoms with Crippen molar-refractivity contribution in [2.24, 2.45) is 0 Å². The molecule has 0 amide bonds. The van der Waals surface area contributed by atoms with Crippen molar-refractivity contribution >= 4 is 0 Å². The molecule has 0 spiro atoms. The maximum absolute atomic E-state index is 8.57. The van der Waals surface area contributed by atoms with Gasteiger partial charge in [-0.1, -0.05) is 30.3 Å². The van der Waals surface area contributed by atoms with Crippen molar-refractivity contribution in [1.82, 2.24) is 0 Å². The second-order valence-corrected chi connectivity index (χ2v) is 4.43. The fourth-order valence-corrected chi connectivity index (χ4v) is 1.76. The summed E-state index contributed by atoms with van der Waals surface area (Å²) >= 11 is 0. The van der Waals surface area contributed by atoms with Crippen LogP contribution < -0.4 is 9.47 Å². The molecule has 0 aromatic heterocycles. The molecule has 0 aliphatic rings. The average Bonchev–Trinajstić information content (AvgIpc) is 2.55. The van der Waals surface area contributed by atoms with Gasteiger partial charge in [0.25, 0.3) is 0 Å². The molecule has 2 aromatic carbocycles. The van der Waals surface area contributed by atoms with Crippen LogP contribution in [0.25, 0.3) is 0 Å². The van der Waals surface area contributed by atoms with Crippen molar-refractivity contribution in [3.8, 4) is 11.5 Å². The monoisotopic (exact) mass is 288 g/mol. The Morgan fingerprint density at radius 1 is 0.714 bits per heavy atom. The Morgan fingerprint density at radius 3 is 2.05 bits per heavy atom. The van der Waals surface area contributed by atoms with E-state index in [1.54, 1.807) is 0 Å². The highest BCUT2D eigenvalue weighted by Crippen LogP contribution is 2.18. The maximum atomic E-state index is 8.57. The zero-order valence-electron chi connectivity index (χ0n) is 11.9. The second-order valence-electron chi connectivity index (χ2n) is 4.43. The van der Waals surface area contributed by atoms with E-state index in [4.69, 9.17) is 19.3 Å². The van der Waals surface area contributed by atoms with E-state index in [0.29, 0.717) is 26.4 Å². The van der Waals surface area contributed by atoms with Gasteiger partial charge in [-0.15, -0.1) is 0 Å². The summed E-state index contributed by atoms with van der Waals surface area (Å²) in [5, 5.41) is 8.57. The van der Waals surface area contributed by atoms with Gasteiger partial charge in [0.1, 0.15) is 24.7 Å². The van der Waals surface area contributed by atoms with Crippen LogP contribution in [0.5, 0.6) is 11.5 Å². The third-order valence-corrected chi connectivity index (χ3v) is 2.80. The first-order valence-electron chi connectivity index (χ1n) is 6.96. The van der Waals surface area contributed by atoms with Gasteiger partial charge in [0.2, 0.25) is 0 Å². The molecule has 2 rings (SSSR count). The van der Waals surface area contributed by atoms with E-state index in [1.165, 1.54) is 0 Å². The Kier molecular flexibility index (Phi) is 6.58. The van der Waals surface area contributed by atoms with Gasteiger partial charge in [-0.2, -0.15) is 0 Å². The predicted molar refractivity (Wildman–Crippen MR) is 80.6 cm³/mol. The van der Waals surface area contributed by atoms with Gasteiger partial charge in [-0.3, -0.25) is 0 Å². The minimum Gasteiger partial charge on any atom is -0.491 e. The van der Waals surface area contributed by atoms with Crippen molar-refractivity contribution in [3.63, 3.8) is 0 Å². The molecule has 112 valence electrons. The zero-order valence-corrected chi connectivity index (χ0v) is 11.9. The van der Waals surface area contributed by atoms with Gasteiger partial charge in [-0.05, 0) is 29.8 Å². The standard InChI is InChI=1S/C17H20O4/c18-10-11-19-12-13-20-16-6-8-17(9-7-16)21-14-15-4-2-1-3-5-15/h1-9,18H,10-14H2. The molecule has 0 saturated heterocycles. The molecule has 0 heterocycles. The van der Waals surface area contributed by atoms with Gasteiger partial charge < -0.3 is 19.3 Å². The van der Waals surface area contributed by atoms with Gasteiger partial charge in [0.15, 0.2) is 0 Å². The maximum Gasteiger partial charge on any atom is 0.120 e. The van der Waals surface area contributed by atoms with Crippen molar-refractivity contribution in [1.29, 1.82) is 0 Å². The topological polar surface area (TPSA) is 47.9 Å². The lowest BCUT2D eigenvalue weighted by Crippen LogP contribution is -2.09. The fraction of sp³-hybridized carbons (Fsp3) is 0.294. The Hall–Kier alpha value is -2.04. The lowest BCUT2D eigenvalue weighted by Gasteiger charge is -2.09. The van der Waals surface area contributed by atoms with Crippen LogP contribution in [0.2, 0.25) is 0 Å². The van der Waals surface area contributed by atoms with Crippen LogP contribution in [0.3, 0.4) is 0 Å². The molecule has 2 aromatic rings. The lowest BCUT2D eigenvalue weighted by molar-refractivity contribution is 0.0705. The van der Waals surface area contributed by atoms with Crippen molar-refractivity contribution < 1.29 is 19.3 Å². The molecular weight excluding hydrogens is 268 g/mol. The Balaban J connectivity index is 1.71. The molecule has 4 heteroatoms. The van der Waals surface area contributed by atoms with Crippen LogP contribution in [0, 0.1) is 0 Å². The molecule has 0 bridgehead atoms. The summed E-state index contributed by atoms with van der Waals surface area (Å²) in [6, 6.07) is 17.5. The summed E-state index contributed by atoms with van der Waals surface area (Å²) in [5.41, 5.74) is 1.14. The second kappa shape index (κ2) is 9.00. The number of rotatable bonds is 9. The van der Waals surface area contributed by atoms with Crippen LogP contribution in [0.1, 0.15) is 5.56 Å². The third-order valence-electron chi connectivity index (χ3n) is 2.80. The van der Waals surface area contributed by atoms with E-state index in [0.717, 1.165) is 17.1 Å². The summed E-state index contributed by atoms with van der Waals surface area (Å²) in [6.45, 7) is 1.86. The molecule has 0 aliphatic heterocycles. The normalized spacial score (nSPS) is 10.3. The van der Waals surface area contributed by atoms with Crippen molar-refractivity contribution in [3.05, 3.63) is 60.2 Å². The number of ether oxygens (including phenoxy) is 3. The van der Waals surface area contributed by atoms with Crippen LogP contribution in [0.15, 0.2) is 54.6 Å². The molecule has 0 saturated carbocycles. The van der Waals surface area contributed by atoms with E-state index in [9.17, 15) is 0 Å². The van der Waals surface area contributed by atoms with Crippen LogP contribution in [-0.4, -0.2) is 31.5 Å². The highest BCUT2D eigenvalue weighted by Gasteiger charge is 1.98. The molecule has 0 fully saturated rings. The fourth-order valence-electron chi connectivity index (χ4n) is 1.76. The summed E-state index contributed by atoms with van der Waals surface area (Å²) in [6.07, 6.45) is 0. The molecule has 0 aliphatic carbocycles. The van der Waals surface area contributed by atoms with Gasteiger partial charge in [0.05, 0.1) is 19.8 Å². The lowest BCUT2D eigenvalue weighted by atomic mass is 10.2. The number of hydrogen-bond donors (Lipinski definition) is 1. The van der Waals surface area contributed by atoms with Gasteiger partial charge in [-0.25, -0.2) is 0 Å². The summed E-state index contributed by atoms with van der Waals surface area (Å²) in [7, 11) is 0. The number of aliphatic hydroxyl groups excluding tert-OH is 1. The highest BCUT2D eigenvalue weighted by molar-refractivity contribution is 5.31. The number of benzene rings is 2. The molecule has 4 nitrogen and oxygen atoms in total. The predicted octanol–water partition coefficient (Wildman–Crippen LogP) is 2.65. The van der Waals surface area contributed by atoms with Crippen LogP contribution in [-0.2, 0) is 11.3 Å². The van der Waals surface area contributed by atoms with Crippen molar-refractivity contribution in [2.45, 2.75) is 6.61 Å². The molecular formula is C17H20O4. The average molecular weight is 288 g/mol. The molecule has 0 unspecified atom stereocenters. The quantitative estimate of drug-likeness (QED) is 0.721. The molecule has 0 radical (unpaired) electrons. The van der Waals surface area contributed by atoms with E-state index in [1.807, 2.05) is 54.6 Å². The highest BCUT2D eigenvalue weighted by atomic mass is 16.5. The van der Waals surface area contributed by atoms with E-state index in [2.05, 4.69) is 0 Å². The van der Waals surface area contributed by atoms with Gasteiger partial charge >= 0.3 is 0 Å². The summed E-state index contributed by atoms with van der Waals surface area (Å²) in [4.78, 5) is 0. The Labute approximate surface area is 124 Å². The number of aliphatic hydroxyl groups is 1. The van der Waals surface area contributed by atoms with E-state index in [-0.39, 0.29) is 6.61 Å². The summed E-state index contributed by atoms with van der Waals surface area (Å²) < 4.78 is 16.3. The minimum atomic E-state index is 0.0352. The van der Waals surface area contributed by atoms with Crippen LogP contribution in [0.4, 0.5) is 0 Å². The van der Waals surface area contributed by atoms with Crippen molar-refractivity contribution in [2.75, 3.05) is 26.4 Å². The smallest absolute Gasteiger partial charge is 0.120 e. The third kappa shape index (κ3) is 5.85. The minimum absolute atomic E-state index is 0.0352. The molecule has 21 heavy (non-hydrogen) atoms. The van der Waals surface area contributed by atoms with Gasteiger partial charge in [0, 0.05) is 0 Å². The Bertz CT molecular complexity index is 496. The Morgan fingerprint density at radius 2 is 1.38 bits per heavy atom.